The van der Waals surface area contributed by atoms with Crippen LogP contribution in [0.2, 0.25) is 5.02 Å². The maximum absolute atomic E-state index is 12.5. The molecule has 0 saturated carbocycles. The molecule has 15 heavy (non-hydrogen) atoms. The van der Waals surface area contributed by atoms with E-state index in [1.165, 1.54) is 13.3 Å². The van der Waals surface area contributed by atoms with Crippen molar-refractivity contribution < 1.29 is 18.3 Å². The van der Waals surface area contributed by atoms with Gasteiger partial charge in [-0.05, 0) is 5.56 Å². The number of halogens is 3. The highest BCUT2D eigenvalue weighted by Gasteiger charge is 2.18. The lowest BCUT2D eigenvalue weighted by Gasteiger charge is -2.08. The molecule has 0 spiro atoms. The summed E-state index contributed by atoms with van der Waals surface area (Å²) in [6, 6.07) is 0. The van der Waals surface area contributed by atoms with Crippen molar-refractivity contribution in [3.63, 3.8) is 0 Å². The zero-order valence-corrected chi connectivity index (χ0v) is 8.59. The van der Waals surface area contributed by atoms with E-state index >= 15 is 0 Å². The first-order chi connectivity index (χ1) is 7.06. The molecular formula is C9H8ClF2NO2. The van der Waals surface area contributed by atoms with Crippen LogP contribution in [0.3, 0.4) is 0 Å². The fourth-order valence-electron chi connectivity index (χ4n) is 1.07. The number of pyridine rings is 1. The average molecular weight is 236 g/mol. The van der Waals surface area contributed by atoms with Crippen LogP contribution in [0.25, 0.3) is 0 Å². The Balaban J connectivity index is 3.07. The van der Waals surface area contributed by atoms with Crippen LogP contribution >= 0.6 is 11.6 Å². The van der Waals surface area contributed by atoms with Gasteiger partial charge in [-0.3, -0.25) is 9.78 Å². The van der Waals surface area contributed by atoms with Gasteiger partial charge < -0.3 is 4.74 Å². The highest BCUT2D eigenvalue weighted by atomic mass is 35.5. The standard InChI is InChI=1S/C9H8ClF2NO2/c1-15-8(14)2-5-6(9(11)12)3-13-4-7(5)10/h3-4,9H,2H2,1H3. The van der Waals surface area contributed by atoms with Gasteiger partial charge in [-0.1, -0.05) is 11.6 Å². The molecule has 0 radical (unpaired) electrons. The lowest BCUT2D eigenvalue weighted by atomic mass is 10.1. The minimum Gasteiger partial charge on any atom is -0.469 e. The van der Waals surface area contributed by atoms with Gasteiger partial charge in [-0.25, -0.2) is 8.78 Å². The summed E-state index contributed by atoms with van der Waals surface area (Å²) in [7, 11) is 1.18. The fraction of sp³-hybridized carbons (Fsp3) is 0.333. The van der Waals surface area contributed by atoms with Crippen LogP contribution in [0.1, 0.15) is 17.6 Å². The summed E-state index contributed by atoms with van der Waals surface area (Å²) in [6.07, 6.45) is -0.784. The van der Waals surface area contributed by atoms with Gasteiger partial charge >= 0.3 is 5.97 Å². The van der Waals surface area contributed by atoms with Crippen molar-refractivity contribution in [1.82, 2.24) is 4.98 Å². The number of ether oxygens (including phenoxy) is 1. The largest absolute Gasteiger partial charge is 0.469 e. The first kappa shape index (κ1) is 11.8. The Morgan fingerprint density at radius 1 is 1.60 bits per heavy atom. The van der Waals surface area contributed by atoms with Gasteiger partial charge in [0.15, 0.2) is 0 Å². The van der Waals surface area contributed by atoms with Gasteiger partial charge in [0, 0.05) is 18.0 Å². The molecule has 0 N–H and O–H groups in total. The molecule has 0 aliphatic rings. The van der Waals surface area contributed by atoms with Crippen LogP contribution in [-0.2, 0) is 16.0 Å². The Labute approximate surface area is 90.0 Å². The zero-order chi connectivity index (χ0) is 11.4. The van der Waals surface area contributed by atoms with Crippen LogP contribution in [0, 0.1) is 0 Å². The maximum atomic E-state index is 12.5. The number of hydrogen-bond acceptors (Lipinski definition) is 3. The molecule has 0 bridgehead atoms. The van der Waals surface area contributed by atoms with Gasteiger partial charge in [0.05, 0.1) is 18.6 Å². The molecule has 0 unspecified atom stereocenters. The van der Waals surface area contributed by atoms with E-state index in [4.69, 9.17) is 11.6 Å². The van der Waals surface area contributed by atoms with Crippen molar-refractivity contribution in [2.75, 3.05) is 7.11 Å². The van der Waals surface area contributed by atoms with Gasteiger partial charge in [0.2, 0.25) is 0 Å². The van der Waals surface area contributed by atoms with E-state index in [-0.39, 0.29) is 22.6 Å². The normalized spacial score (nSPS) is 10.5. The number of hydrogen-bond donors (Lipinski definition) is 0. The Kier molecular flexibility index (Phi) is 3.96. The molecule has 3 nitrogen and oxygen atoms in total. The third kappa shape index (κ3) is 2.86. The number of alkyl halides is 2. The van der Waals surface area contributed by atoms with Crippen molar-refractivity contribution in [1.29, 1.82) is 0 Å². The second kappa shape index (κ2) is 5.02. The second-order valence-electron chi connectivity index (χ2n) is 2.74. The summed E-state index contributed by atoms with van der Waals surface area (Å²) in [5, 5.41) is 0.0400. The summed E-state index contributed by atoms with van der Waals surface area (Å²) in [4.78, 5) is 14.5. The second-order valence-corrected chi connectivity index (χ2v) is 3.15. The molecule has 0 fully saturated rings. The molecule has 1 rings (SSSR count). The summed E-state index contributed by atoms with van der Waals surface area (Å²) in [6.45, 7) is 0. The predicted octanol–water partition coefficient (Wildman–Crippen LogP) is 2.39. The van der Waals surface area contributed by atoms with Gasteiger partial charge in [0.1, 0.15) is 0 Å². The van der Waals surface area contributed by atoms with E-state index in [2.05, 4.69) is 9.72 Å². The Morgan fingerprint density at radius 2 is 2.27 bits per heavy atom. The van der Waals surface area contributed by atoms with Crippen molar-refractivity contribution in [3.8, 4) is 0 Å². The number of carbonyl (C=O) groups is 1. The Bertz CT molecular complexity index is 371. The molecule has 1 aromatic heterocycles. The summed E-state index contributed by atoms with van der Waals surface area (Å²) in [5.41, 5.74) is -0.276. The van der Waals surface area contributed by atoms with E-state index in [0.29, 0.717) is 0 Å². The maximum Gasteiger partial charge on any atom is 0.310 e. The van der Waals surface area contributed by atoms with Crippen molar-refractivity contribution in [2.24, 2.45) is 0 Å². The summed E-state index contributed by atoms with van der Waals surface area (Å²) >= 11 is 5.67. The molecule has 0 aromatic carbocycles. The molecule has 82 valence electrons. The highest BCUT2D eigenvalue weighted by Crippen LogP contribution is 2.27. The molecular weight excluding hydrogens is 228 g/mol. The van der Waals surface area contributed by atoms with Crippen molar-refractivity contribution in [2.45, 2.75) is 12.8 Å². The minimum absolute atomic E-state index is 0.0400. The average Bonchev–Trinajstić information content (AvgIpc) is 2.20. The minimum atomic E-state index is -2.71. The number of esters is 1. The quantitative estimate of drug-likeness (QED) is 0.755. The van der Waals surface area contributed by atoms with Gasteiger partial charge in [-0.2, -0.15) is 0 Å². The third-order valence-corrected chi connectivity index (χ3v) is 2.15. The Hall–Kier alpha value is -1.23. The van der Waals surface area contributed by atoms with E-state index in [0.717, 1.165) is 6.20 Å². The molecule has 1 aromatic rings. The van der Waals surface area contributed by atoms with E-state index < -0.39 is 12.4 Å². The molecule has 0 atom stereocenters. The van der Waals surface area contributed by atoms with E-state index in [1.54, 1.807) is 0 Å². The molecule has 0 saturated heterocycles. The van der Waals surface area contributed by atoms with E-state index in [1.807, 2.05) is 0 Å². The first-order valence-corrected chi connectivity index (χ1v) is 4.41. The van der Waals surface area contributed by atoms with Crippen LogP contribution in [0.4, 0.5) is 8.78 Å². The Morgan fingerprint density at radius 3 is 2.80 bits per heavy atom. The van der Waals surface area contributed by atoms with E-state index in [9.17, 15) is 13.6 Å². The lowest BCUT2D eigenvalue weighted by Crippen LogP contribution is -2.08. The fourth-order valence-corrected chi connectivity index (χ4v) is 1.30. The molecule has 0 amide bonds. The predicted molar refractivity (Wildman–Crippen MR) is 49.9 cm³/mol. The van der Waals surface area contributed by atoms with Crippen LogP contribution < -0.4 is 0 Å². The highest BCUT2D eigenvalue weighted by molar-refractivity contribution is 6.31. The molecule has 0 aliphatic heterocycles. The number of methoxy groups -OCH3 is 1. The number of rotatable bonds is 3. The topological polar surface area (TPSA) is 39.2 Å². The smallest absolute Gasteiger partial charge is 0.310 e. The summed E-state index contributed by atoms with van der Waals surface area (Å²) < 4.78 is 29.4. The first-order valence-electron chi connectivity index (χ1n) is 4.03. The van der Waals surface area contributed by atoms with Crippen LogP contribution in [-0.4, -0.2) is 18.1 Å². The molecule has 6 heteroatoms. The van der Waals surface area contributed by atoms with Gasteiger partial charge in [0.25, 0.3) is 6.43 Å². The van der Waals surface area contributed by atoms with Gasteiger partial charge in [-0.15, -0.1) is 0 Å². The monoisotopic (exact) mass is 235 g/mol. The molecule has 0 aliphatic carbocycles. The number of carbonyl (C=O) groups excluding carboxylic acids is 1. The van der Waals surface area contributed by atoms with Crippen LogP contribution in [0.5, 0.6) is 0 Å². The summed E-state index contributed by atoms with van der Waals surface area (Å²) in [5.74, 6) is -0.620. The SMILES string of the molecule is COC(=O)Cc1c(Cl)cncc1C(F)F. The number of aromatic nitrogens is 1. The van der Waals surface area contributed by atoms with Crippen LogP contribution in [0.15, 0.2) is 12.4 Å². The van der Waals surface area contributed by atoms with Crippen molar-refractivity contribution >= 4 is 17.6 Å². The molecule has 1 heterocycles. The zero-order valence-electron chi connectivity index (χ0n) is 7.84. The number of nitrogens with zero attached hydrogens (tertiary/aromatic N) is 1. The lowest BCUT2D eigenvalue weighted by molar-refractivity contribution is -0.139. The third-order valence-electron chi connectivity index (χ3n) is 1.82. The van der Waals surface area contributed by atoms with Crippen molar-refractivity contribution in [3.05, 3.63) is 28.5 Å².